The van der Waals surface area contributed by atoms with Crippen molar-refractivity contribution in [3.63, 3.8) is 0 Å². The molecule has 0 unspecified atom stereocenters. The number of primary sulfonamides is 1. The molecule has 0 aromatic heterocycles. The Morgan fingerprint density at radius 1 is 0.419 bits per heavy atom. The van der Waals surface area contributed by atoms with Crippen molar-refractivity contribution in [3.05, 3.63) is 305 Å². The van der Waals surface area contributed by atoms with E-state index in [4.69, 9.17) is 29.8 Å². The molecule has 24 heteroatoms. The number of aryl methyl sites for hydroxylation is 9. The molecule has 124 heavy (non-hydrogen) atoms. The summed E-state index contributed by atoms with van der Waals surface area (Å²) in [5.74, 6) is 0. The Morgan fingerprint density at radius 3 is 1.24 bits per heavy atom. The fourth-order valence-electron chi connectivity index (χ4n) is 12.7. The van der Waals surface area contributed by atoms with Crippen molar-refractivity contribution in [2.45, 2.75) is 253 Å². The summed E-state index contributed by atoms with van der Waals surface area (Å²) in [6.07, 6.45) is 1.54. The van der Waals surface area contributed by atoms with Crippen molar-refractivity contribution >= 4 is 83.1 Å². The number of carbonyl (C=O) groups is 4. The average molecular weight is 1870 g/mol. The first-order valence-electron chi connectivity index (χ1n) is 41.7. The minimum Gasteiger partial charge on any atom is -0.444 e. The molecule has 0 radical (unpaired) electrons. The number of benzene rings is 9. The highest BCUT2D eigenvalue weighted by atomic mass is 79.9. The monoisotopic (exact) mass is 1860 g/mol. The Balaban J connectivity index is 0.000000250. The molecule has 5 N–H and O–H groups in total. The van der Waals surface area contributed by atoms with Gasteiger partial charge in [-0.1, -0.05) is 246 Å². The van der Waals surface area contributed by atoms with Crippen LogP contribution in [0.5, 0.6) is 0 Å². The highest BCUT2D eigenvalue weighted by molar-refractivity contribution is 9.09. The maximum absolute atomic E-state index is 12.6. The third kappa shape index (κ3) is 39.4. The van der Waals surface area contributed by atoms with Crippen LogP contribution in [0.1, 0.15) is 200 Å². The molecule has 0 bridgehead atoms. The van der Waals surface area contributed by atoms with Gasteiger partial charge in [-0.05, 0) is 282 Å². The van der Waals surface area contributed by atoms with Crippen molar-refractivity contribution in [1.82, 2.24) is 19.4 Å². The van der Waals surface area contributed by atoms with E-state index in [0.29, 0.717) is 37.6 Å². The summed E-state index contributed by atoms with van der Waals surface area (Å²) >= 11 is 6.92. The number of halogens is 2. The number of nitrogens with zero attached hydrogens (tertiary/aromatic N) is 4. The van der Waals surface area contributed by atoms with Crippen LogP contribution in [0, 0.1) is 62.3 Å². The molecule has 0 saturated carbocycles. The number of fused-ring (bicyclic) bond motifs is 4. The lowest BCUT2D eigenvalue weighted by Crippen LogP contribution is -2.39. The number of nitrogens with two attached hydrogens (primary N) is 2. The zero-order chi connectivity index (χ0) is 92.5. The topological polar surface area (TPSA) is 269 Å². The molecule has 9 aromatic rings. The summed E-state index contributed by atoms with van der Waals surface area (Å²) in [5, 5.41) is 10.1. The van der Waals surface area contributed by atoms with Crippen LogP contribution in [-0.4, -0.2) is 111 Å². The number of alkyl halides is 2. The lowest BCUT2D eigenvalue weighted by molar-refractivity contribution is -0.0295. The molecule has 4 aliphatic heterocycles. The Labute approximate surface area is 757 Å². The fourth-order valence-corrected chi connectivity index (χ4v) is 15.7. The predicted octanol–water partition coefficient (Wildman–Crippen LogP) is 22.2. The third-order valence-corrected chi connectivity index (χ3v) is 22.8. The van der Waals surface area contributed by atoms with Crippen molar-refractivity contribution in [1.29, 1.82) is 0 Å². The highest BCUT2D eigenvalue weighted by Gasteiger charge is 2.32. The lowest BCUT2D eigenvalue weighted by Gasteiger charge is -2.31. The lowest BCUT2D eigenvalue weighted by atomic mass is 9.98. The molecule has 0 aliphatic carbocycles. The summed E-state index contributed by atoms with van der Waals surface area (Å²) < 4.78 is 72.8. The SMILES string of the molecule is C=NCCc1cccc(C)c1.CC(C)(C)OC(=O)OC(=O)OC(C)(C)C.Cc1ccc(CBr)c(CBr)c1.Cc1ccc(S(=O)(=O)N2Cc3ccc(C)cc3C2)cc1.Cc1ccc(S(N)(=O)=O)cc1.Cc1ccc2c(c1)CCN(C(=O)OC(C)(C)C)C2.Cc1ccc2c(c1)CCNC2.Cc1ccc2c(c1)CN(C(=O)OC(C)(C)C)C2.Cc1cccc(CCN)c1. The van der Waals surface area contributed by atoms with Crippen LogP contribution in [0.4, 0.5) is 19.2 Å². The summed E-state index contributed by atoms with van der Waals surface area (Å²) in [5.41, 5.74) is 29.9. The first kappa shape index (κ1) is 105. The van der Waals surface area contributed by atoms with Gasteiger partial charge in [-0.15, -0.1) is 0 Å². The smallest absolute Gasteiger partial charge is 0.444 e. The summed E-state index contributed by atoms with van der Waals surface area (Å²) in [4.78, 5) is 53.8. The standard InChI is InChI=1S/C16H17NO2S.C15H21NO2.C14H19NO2.2C10H13N.C10H18O5.C9H10Br2.C9H13N.C7H9NO2S/c1-12-4-7-16(8-5-12)20(18,19)17-10-14-6-3-13(2)9-15(14)11-17;1-11-5-6-13-10-16(8-7-12(13)9-11)14(17)18-15(2,3)4;1-10-5-6-11-8-15(9-12(11)7-10)13(16)17-14(2,3)4;1-8-2-3-10-7-11-5-4-9(10)6-8;1-9-4-3-5-10(8-9)6-7-11-2;1-9(2,3)14-7(11)13-8(12)15-10(4,5)6;1-7-2-3-8(5-10)9(4-7)6-11;1-8-3-2-4-9(7-8)5-6-10;1-6-2-4-7(5-3-6)11(8,9)10/h3-9H,10-11H2,1-2H3;5-6,9H,7-8,10H2,1-4H3;5-7H,8-9H2,1-4H3;2-3,6,11H,4-5,7H2,1H3;3-5,8H,2,6-7H2,1H3;1-6H3;2-4H,5-6H2,1H3;2-4,7H,5-6,10H2,1H3;2-5H,1H3,(H2,8,9,10). The second-order valence-corrected chi connectivity index (χ2v) is 39.9. The first-order chi connectivity index (χ1) is 57.9. The number of rotatable bonds is 10. The quantitative estimate of drug-likeness (QED) is 0.0378. The van der Waals surface area contributed by atoms with E-state index in [2.05, 4.69) is 223 Å². The molecule has 0 fully saturated rings. The second kappa shape index (κ2) is 49.5. The Bertz CT molecular complexity index is 5150. The molecule has 13 rings (SSSR count). The van der Waals surface area contributed by atoms with Crippen LogP contribution in [0.2, 0.25) is 0 Å². The number of amides is 2. The van der Waals surface area contributed by atoms with Gasteiger partial charge in [-0.3, -0.25) is 4.90 Å². The Hall–Kier alpha value is -9.37. The van der Waals surface area contributed by atoms with Crippen molar-refractivity contribution in [2.75, 3.05) is 26.2 Å². The number of ether oxygens (including phenoxy) is 5. The van der Waals surface area contributed by atoms with E-state index in [1.165, 1.54) is 113 Å². The van der Waals surface area contributed by atoms with Crippen LogP contribution in [-0.2, 0) is 119 Å². The van der Waals surface area contributed by atoms with Crippen LogP contribution in [0.3, 0.4) is 0 Å². The fraction of sp³-hybridized carbons (Fsp3) is 0.410. The molecule has 4 heterocycles. The Kier molecular flexibility index (Phi) is 42.0. The van der Waals surface area contributed by atoms with Crippen LogP contribution < -0.4 is 16.2 Å². The summed E-state index contributed by atoms with van der Waals surface area (Å²) in [6, 6.07) is 62.5. The molecule has 2 amide bonds. The van der Waals surface area contributed by atoms with Crippen LogP contribution >= 0.6 is 31.9 Å². The van der Waals surface area contributed by atoms with E-state index in [-0.39, 0.29) is 17.1 Å². The molecular formula is C100H133Br2N7O13S2. The Morgan fingerprint density at radius 2 is 0.790 bits per heavy atom. The van der Waals surface area contributed by atoms with Gasteiger partial charge in [0.2, 0.25) is 20.0 Å². The van der Waals surface area contributed by atoms with Crippen LogP contribution in [0.25, 0.3) is 0 Å². The van der Waals surface area contributed by atoms with Gasteiger partial charge in [-0.2, -0.15) is 4.31 Å². The molecule has 672 valence electrons. The summed E-state index contributed by atoms with van der Waals surface area (Å²) in [7, 11) is -6.92. The number of aliphatic imine (C=N–C) groups is 1. The van der Waals surface area contributed by atoms with Crippen molar-refractivity contribution < 1.29 is 59.7 Å². The third-order valence-electron chi connectivity index (χ3n) is 18.8. The number of hydrogen-bond donors (Lipinski definition) is 3. The molecule has 0 saturated heterocycles. The van der Waals surface area contributed by atoms with Crippen molar-refractivity contribution in [2.24, 2.45) is 15.9 Å². The molecule has 20 nitrogen and oxygen atoms in total. The minimum atomic E-state index is -3.52. The second-order valence-electron chi connectivity index (χ2n) is 35.2. The van der Waals surface area contributed by atoms with Gasteiger partial charge >= 0.3 is 24.5 Å². The molecule has 0 atom stereocenters. The molecule has 9 aromatic carbocycles. The van der Waals surface area contributed by atoms with E-state index >= 15 is 0 Å². The zero-order valence-corrected chi connectivity index (χ0v) is 81.5. The van der Waals surface area contributed by atoms with Gasteiger partial charge in [0.1, 0.15) is 22.4 Å². The number of sulfonamides is 2. The average Bonchev–Trinajstić information content (AvgIpc) is 1.63. The molecule has 4 aliphatic rings. The van der Waals surface area contributed by atoms with Crippen molar-refractivity contribution in [3.8, 4) is 0 Å². The molecule has 0 spiro atoms. The van der Waals surface area contributed by atoms with Gasteiger partial charge < -0.3 is 44.6 Å². The van der Waals surface area contributed by atoms with Gasteiger partial charge in [0.05, 0.1) is 9.79 Å². The van der Waals surface area contributed by atoms with Gasteiger partial charge in [0, 0.05) is 63.0 Å². The minimum absolute atomic E-state index is 0.156. The van der Waals surface area contributed by atoms with Gasteiger partial charge in [0.15, 0.2) is 0 Å². The zero-order valence-electron chi connectivity index (χ0n) is 76.7. The molecular weight excluding hydrogens is 1730 g/mol. The largest absolute Gasteiger partial charge is 0.519 e. The van der Waals surface area contributed by atoms with E-state index in [1.54, 1.807) is 79.9 Å². The van der Waals surface area contributed by atoms with E-state index in [9.17, 15) is 36.0 Å². The maximum atomic E-state index is 12.6. The van der Waals surface area contributed by atoms with Gasteiger partial charge in [-0.25, -0.2) is 41.2 Å². The van der Waals surface area contributed by atoms with E-state index in [0.717, 1.165) is 84.9 Å². The highest BCUT2D eigenvalue weighted by Crippen LogP contribution is 2.31. The van der Waals surface area contributed by atoms with Gasteiger partial charge in [0.25, 0.3) is 0 Å². The number of hydrogen-bond acceptors (Lipinski definition) is 16. The van der Waals surface area contributed by atoms with E-state index in [1.807, 2.05) is 86.6 Å². The number of nitrogens with one attached hydrogen (secondary N) is 1. The predicted molar refractivity (Wildman–Crippen MR) is 509 cm³/mol. The summed E-state index contributed by atoms with van der Waals surface area (Å²) in [6.45, 7) is 50.7. The van der Waals surface area contributed by atoms with Crippen LogP contribution in [0.15, 0.2) is 203 Å². The first-order valence-corrected chi connectivity index (χ1v) is 46.9. The van der Waals surface area contributed by atoms with E-state index < -0.39 is 54.8 Å². The number of carbonyl (C=O) groups excluding carboxylic acids is 4. The normalized spacial score (nSPS) is 13.1. The maximum Gasteiger partial charge on any atom is 0.519 e.